The summed E-state index contributed by atoms with van der Waals surface area (Å²) in [5, 5.41) is 20.6. The number of hydrogen-bond donors (Lipinski definition) is 3. The predicted molar refractivity (Wildman–Crippen MR) is 83.3 cm³/mol. The Labute approximate surface area is 133 Å². The summed E-state index contributed by atoms with van der Waals surface area (Å²) in [6, 6.07) is 0.110. The highest BCUT2D eigenvalue weighted by molar-refractivity contribution is 6.28. The Bertz CT molecular complexity index is 730. The van der Waals surface area contributed by atoms with Crippen molar-refractivity contribution in [3.05, 3.63) is 17.5 Å². The SMILES string of the molecule is [B]C(O)[C@@](C#C)(OC)[C@@H](O)Cn1ccc2c(N)nc(Cl)nc21. The summed E-state index contributed by atoms with van der Waals surface area (Å²) in [5.74, 6) is 2.42. The number of aromatic nitrogens is 3. The van der Waals surface area contributed by atoms with Crippen LogP contribution in [0.1, 0.15) is 0 Å². The number of methoxy groups -OCH3 is 1. The van der Waals surface area contributed by atoms with Crippen LogP contribution in [0.3, 0.4) is 0 Å². The van der Waals surface area contributed by atoms with E-state index < -0.39 is 17.7 Å². The molecule has 2 radical (unpaired) electrons. The number of aliphatic hydroxyl groups is 2. The molecule has 0 amide bonds. The van der Waals surface area contributed by atoms with Crippen molar-refractivity contribution in [3.8, 4) is 12.3 Å². The molecule has 22 heavy (non-hydrogen) atoms. The van der Waals surface area contributed by atoms with Crippen LogP contribution in [0.25, 0.3) is 11.0 Å². The molecule has 0 aliphatic carbocycles. The van der Waals surface area contributed by atoms with Gasteiger partial charge in [0, 0.05) is 13.3 Å². The number of fused-ring (bicyclic) bond motifs is 1. The second-order valence-electron chi connectivity index (χ2n) is 4.69. The monoisotopic (exact) mass is 320 g/mol. The predicted octanol–water partition coefficient (Wildman–Crippen LogP) is -0.467. The molecule has 2 rings (SSSR count). The van der Waals surface area contributed by atoms with Gasteiger partial charge in [-0.05, 0) is 17.7 Å². The minimum Gasteiger partial charge on any atom is -0.399 e. The summed E-state index contributed by atoms with van der Waals surface area (Å²) in [6.07, 6.45) is 5.69. The Hall–Kier alpha value is -1.79. The number of nitrogen functional groups attached to an aromatic ring is 1. The summed E-state index contributed by atoms with van der Waals surface area (Å²) in [5.41, 5.74) is 4.43. The minimum absolute atomic E-state index is 0.0201. The fourth-order valence-electron chi connectivity index (χ4n) is 2.22. The zero-order valence-electron chi connectivity index (χ0n) is 11.8. The molecule has 0 spiro atoms. The number of nitrogens with zero attached hydrogens (tertiary/aromatic N) is 3. The summed E-state index contributed by atoms with van der Waals surface area (Å²) in [4.78, 5) is 7.91. The van der Waals surface area contributed by atoms with E-state index in [4.69, 9.17) is 36.3 Å². The first-order valence-electron chi connectivity index (χ1n) is 6.28. The second-order valence-corrected chi connectivity index (χ2v) is 5.02. The number of aliphatic hydroxyl groups excluding tert-OH is 2. The van der Waals surface area contributed by atoms with Crippen LogP contribution in [-0.4, -0.2) is 57.4 Å². The maximum atomic E-state index is 10.4. The van der Waals surface area contributed by atoms with Crippen molar-refractivity contribution in [1.29, 1.82) is 0 Å². The molecular weight excluding hydrogens is 306 g/mol. The number of halogens is 1. The van der Waals surface area contributed by atoms with Gasteiger partial charge in [0.05, 0.1) is 17.9 Å². The van der Waals surface area contributed by atoms with Gasteiger partial charge in [-0.1, -0.05) is 5.92 Å². The van der Waals surface area contributed by atoms with Crippen LogP contribution in [0.5, 0.6) is 0 Å². The molecule has 2 aromatic heterocycles. The molecule has 0 aromatic carbocycles. The highest BCUT2D eigenvalue weighted by Crippen LogP contribution is 2.24. The van der Waals surface area contributed by atoms with Crippen LogP contribution in [0.15, 0.2) is 12.3 Å². The van der Waals surface area contributed by atoms with Gasteiger partial charge in [-0.3, -0.25) is 0 Å². The van der Waals surface area contributed by atoms with E-state index >= 15 is 0 Å². The van der Waals surface area contributed by atoms with E-state index in [2.05, 4.69) is 15.9 Å². The summed E-state index contributed by atoms with van der Waals surface area (Å²) >= 11 is 5.79. The van der Waals surface area contributed by atoms with Crippen molar-refractivity contribution in [3.63, 3.8) is 0 Å². The molecule has 0 bridgehead atoms. The van der Waals surface area contributed by atoms with Crippen molar-refractivity contribution < 1.29 is 14.9 Å². The number of rotatable bonds is 5. The smallest absolute Gasteiger partial charge is 0.226 e. The molecule has 2 heterocycles. The van der Waals surface area contributed by atoms with E-state index in [1.807, 2.05) is 0 Å². The highest BCUT2D eigenvalue weighted by atomic mass is 35.5. The fourth-order valence-corrected chi connectivity index (χ4v) is 2.40. The van der Waals surface area contributed by atoms with Gasteiger partial charge in [0.25, 0.3) is 0 Å². The van der Waals surface area contributed by atoms with Crippen molar-refractivity contribution >= 4 is 36.3 Å². The molecule has 0 aliphatic rings. The molecule has 0 saturated carbocycles. The van der Waals surface area contributed by atoms with Gasteiger partial charge in [0.2, 0.25) is 5.28 Å². The first-order chi connectivity index (χ1) is 10.4. The molecule has 0 aliphatic heterocycles. The van der Waals surface area contributed by atoms with Crippen LogP contribution in [-0.2, 0) is 11.3 Å². The third kappa shape index (κ3) is 2.64. The highest BCUT2D eigenvalue weighted by Gasteiger charge is 2.41. The van der Waals surface area contributed by atoms with Crippen molar-refractivity contribution in [2.75, 3.05) is 12.8 Å². The van der Waals surface area contributed by atoms with Crippen molar-refractivity contribution in [1.82, 2.24) is 14.5 Å². The van der Waals surface area contributed by atoms with Crippen LogP contribution in [0, 0.1) is 12.3 Å². The largest absolute Gasteiger partial charge is 0.399 e. The maximum Gasteiger partial charge on any atom is 0.226 e. The van der Waals surface area contributed by atoms with E-state index in [-0.39, 0.29) is 17.6 Å². The minimum atomic E-state index is -1.75. The van der Waals surface area contributed by atoms with Gasteiger partial charge in [0.15, 0.2) is 5.60 Å². The number of ether oxygens (including phenoxy) is 1. The Morgan fingerprint density at radius 2 is 2.27 bits per heavy atom. The van der Waals surface area contributed by atoms with E-state index in [0.717, 1.165) is 0 Å². The summed E-state index contributed by atoms with van der Waals surface area (Å²) in [7, 11) is 6.69. The topological polar surface area (TPSA) is 106 Å². The van der Waals surface area contributed by atoms with Gasteiger partial charge in [-0.25, -0.2) is 4.98 Å². The Morgan fingerprint density at radius 3 is 2.82 bits per heavy atom. The van der Waals surface area contributed by atoms with Crippen LogP contribution < -0.4 is 5.73 Å². The molecule has 0 fully saturated rings. The van der Waals surface area contributed by atoms with E-state index in [9.17, 15) is 10.2 Å². The molecular formula is C13H14BClN4O3. The van der Waals surface area contributed by atoms with E-state index in [1.165, 1.54) is 7.11 Å². The van der Waals surface area contributed by atoms with Gasteiger partial charge in [0.1, 0.15) is 25.4 Å². The van der Waals surface area contributed by atoms with Crippen molar-refractivity contribution in [2.24, 2.45) is 0 Å². The second kappa shape index (κ2) is 6.14. The average Bonchev–Trinajstić information content (AvgIpc) is 2.84. The Balaban J connectivity index is 2.41. The molecule has 114 valence electrons. The lowest BCUT2D eigenvalue weighted by Crippen LogP contribution is -2.54. The standard InChI is InChI=1S/C13H14BClN4O3/c1-3-13(22-2,11(14)21)8(20)6-19-5-4-7-9(16)17-12(15)18-10(7)19/h1,4-5,8,11,20-21H,6H2,2H3,(H2,16,17,18)/t8-,11?,13-/m0/s1. The van der Waals surface area contributed by atoms with Gasteiger partial charge in [-0.2, -0.15) is 4.98 Å². The normalized spacial score (nSPS) is 16.9. The number of nitrogens with two attached hydrogens (primary N) is 1. The Kier molecular flexibility index (Phi) is 4.63. The lowest BCUT2D eigenvalue weighted by atomic mass is 9.79. The third-order valence-corrected chi connectivity index (χ3v) is 3.66. The first kappa shape index (κ1) is 16.6. The van der Waals surface area contributed by atoms with Crippen LogP contribution in [0.4, 0.5) is 5.82 Å². The molecule has 2 aromatic rings. The average molecular weight is 321 g/mol. The lowest BCUT2D eigenvalue weighted by molar-refractivity contribution is -0.108. The number of terminal acetylenes is 1. The van der Waals surface area contributed by atoms with Gasteiger partial charge < -0.3 is 25.3 Å². The molecule has 4 N–H and O–H groups in total. The zero-order valence-corrected chi connectivity index (χ0v) is 12.5. The first-order valence-corrected chi connectivity index (χ1v) is 6.66. The summed E-state index contributed by atoms with van der Waals surface area (Å²) < 4.78 is 6.63. The molecule has 9 heteroatoms. The Morgan fingerprint density at radius 1 is 1.59 bits per heavy atom. The van der Waals surface area contributed by atoms with Gasteiger partial charge >= 0.3 is 0 Å². The van der Waals surface area contributed by atoms with Crippen LogP contribution in [0.2, 0.25) is 5.28 Å². The molecule has 3 atom stereocenters. The van der Waals surface area contributed by atoms with Crippen LogP contribution >= 0.6 is 11.6 Å². The van der Waals surface area contributed by atoms with Crippen molar-refractivity contribution in [2.45, 2.75) is 24.3 Å². The lowest BCUT2D eigenvalue weighted by Gasteiger charge is -2.35. The summed E-state index contributed by atoms with van der Waals surface area (Å²) in [6.45, 7) is -0.0391. The molecule has 7 nitrogen and oxygen atoms in total. The number of anilines is 1. The fraction of sp³-hybridized carbons (Fsp3) is 0.385. The molecule has 0 saturated heterocycles. The van der Waals surface area contributed by atoms with E-state index in [1.54, 1.807) is 16.8 Å². The number of hydrogen-bond acceptors (Lipinski definition) is 6. The third-order valence-electron chi connectivity index (χ3n) is 3.49. The van der Waals surface area contributed by atoms with E-state index in [0.29, 0.717) is 11.0 Å². The maximum absolute atomic E-state index is 10.4. The quantitative estimate of drug-likeness (QED) is 0.391. The van der Waals surface area contributed by atoms with Gasteiger partial charge in [-0.15, -0.1) is 6.42 Å². The zero-order chi connectivity index (χ0) is 16.5. The molecule has 1 unspecified atom stereocenters.